The van der Waals surface area contributed by atoms with Crippen molar-refractivity contribution in [2.24, 2.45) is 0 Å². The summed E-state index contributed by atoms with van der Waals surface area (Å²) in [6.45, 7) is 1.33. The minimum absolute atomic E-state index is 0.182. The van der Waals surface area contributed by atoms with Gasteiger partial charge in [-0.25, -0.2) is 9.37 Å². The van der Waals surface area contributed by atoms with E-state index in [9.17, 15) is 14.0 Å². The third-order valence-electron chi connectivity index (χ3n) is 3.10. The summed E-state index contributed by atoms with van der Waals surface area (Å²) in [4.78, 5) is 27.6. The zero-order valence-corrected chi connectivity index (χ0v) is 14.0. The third kappa shape index (κ3) is 3.52. The highest BCUT2D eigenvalue weighted by molar-refractivity contribution is 7.22. The molecule has 0 atom stereocenters. The van der Waals surface area contributed by atoms with Gasteiger partial charge in [-0.2, -0.15) is 0 Å². The van der Waals surface area contributed by atoms with E-state index >= 15 is 0 Å². The van der Waals surface area contributed by atoms with Crippen LogP contribution in [-0.2, 0) is 4.79 Å². The molecule has 0 unspecified atom stereocenters. The van der Waals surface area contributed by atoms with Crippen LogP contribution in [0.25, 0.3) is 10.2 Å². The van der Waals surface area contributed by atoms with Gasteiger partial charge in [0.15, 0.2) is 5.13 Å². The van der Waals surface area contributed by atoms with Crippen molar-refractivity contribution >= 4 is 55.8 Å². The maximum Gasteiger partial charge on any atom is 0.260 e. The van der Waals surface area contributed by atoms with Crippen molar-refractivity contribution in [1.29, 1.82) is 0 Å². The Hall–Kier alpha value is -2.51. The summed E-state index contributed by atoms with van der Waals surface area (Å²) in [6, 6.07) is 8.96. The number of thiazole rings is 1. The van der Waals surface area contributed by atoms with E-state index in [2.05, 4.69) is 15.6 Å². The molecule has 0 fully saturated rings. The lowest BCUT2D eigenvalue weighted by atomic mass is 10.1. The van der Waals surface area contributed by atoms with E-state index in [0.717, 1.165) is 10.8 Å². The van der Waals surface area contributed by atoms with E-state index in [1.54, 1.807) is 18.2 Å². The Morgan fingerprint density at radius 3 is 2.71 bits per heavy atom. The molecule has 3 aromatic rings. The van der Waals surface area contributed by atoms with Gasteiger partial charge in [0.05, 0.1) is 15.8 Å². The van der Waals surface area contributed by atoms with Gasteiger partial charge in [-0.05, 0) is 36.4 Å². The van der Waals surface area contributed by atoms with E-state index in [4.69, 9.17) is 11.6 Å². The van der Waals surface area contributed by atoms with Crippen LogP contribution in [0.3, 0.4) is 0 Å². The van der Waals surface area contributed by atoms with E-state index in [0.29, 0.717) is 21.4 Å². The number of fused-ring (bicyclic) bond motifs is 1. The van der Waals surface area contributed by atoms with Crippen molar-refractivity contribution in [3.63, 3.8) is 0 Å². The van der Waals surface area contributed by atoms with Crippen molar-refractivity contribution in [2.45, 2.75) is 6.92 Å². The molecular formula is C16H11ClFN3O2S. The highest BCUT2D eigenvalue weighted by Crippen LogP contribution is 2.28. The Morgan fingerprint density at radius 1 is 1.17 bits per heavy atom. The van der Waals surface area contributed by atoms with Crippen LogP contribution in [0.1, 0.15) is 17.3 Å². The SMILES string of the molecule is CC(=O)Nc1ccc(F)c(C(=O)Nc2nc3ccc(Cl)cc3s2)c1. The van der Waals surface area contributed by atoms with E-state index in [1.165, 1.54) is 30.4 Å². The zero-order chi connectivity index (χ0) is 17.3. The molecule has 122 valence electrons. The number of carbonyl (C=O) groups is 2. The second kappa shape index (κ2) is 6.54. The Kier molecular flexibility index (Phi) is 4.46. The number of hydrogen-bond acceptors (Lipinski definition) is 4. The first-order chi connectivity index (χ1) is 11.4. The van der Waals surface area contributed by atoms with Gasteiger partial charge >= 0.3 is 0 Å². The summed E-state index contributed by atoms with van der Waals surface area (Å²) >= 11 is 7.15. The average molecular weight is 364 g/mol. The Labute approximate surface area is 145 Å². The van der Waals surface area contributed by atoms with Crippen molar-refractivity contribution < 1.29 is 14.0 Å². The third-order valence-corrected chi connectivity index (χ3v) is 4.27. The molecule has 5 nitrogen and oxygen atoms in total. The van der Waals surface area contributed by atoms with Crippen LogP contribution < -0.4 is 10.6 Å². The number of carbonyl (C=O) groups excluding carboxylic acids is 2. The molecule has 8 heteroatoms. The maximum absolute atomic E-state index is 13.9. The molecule has 24 heavy (non-hydrogen) atoms. The molecular weight excluding hydrogens is 353 g/mol. The highest BCUT2D eigenvalue weighted by Gasteiger charge is 2.15. The monoisotopic (exact) mass is 363 g/mol. The number of benzene rings is 2. The molecule has 0 aliphatic rings. The first-order valence-electron chi connectivity index (χ1n) is 6.87. The van der Waals surface area contributed by atoms with Crippen LogP contribution in [-0.4, -0.2) is 16.8 Å². The summed E-state index contributed by atoms with van der Waals surface area (Å²) in [6.07, 6.45) is 0. The van der Waals surface area contributed by atoms with Gasteiger partial charge in [0.1, 0.15) is 5.82 Å². The summed E-state index contributed by atoms with van der Waals surface area (Å²) in [5, 5.41) is 5.97. The number of nitrogens with one attached hydrogen (secondary N) is 2. The van der Waals surface area contributed by atoms with Crippen LogP contribution in [0.5, 0.6) is 0 Å². The van der Waals surface area contributed by atoms with Crippen LogP contribution in [0, 0.1) is 5.82 Å². The highest BCUT2D eigenvalue weighted by atomic mass is 35.5. The van der Waals surface area contributed by atoms with Crippen LogP contribution in [0.2, 0.25) is 5.02 Å². The fourth-order valence-electron chi connectivity index (χ4n) is 2.10. The lowest BCUT2D eigenvalue weighted by Crippen LogP contribution is -2.15. The normalized spacial score (nSPS) is 10.6. The van der Waals surface area contributed by atoms with Crippen molar-refractivity contribution in [1.82, 2.24) is 4.98 Å². The lowest BCUT2D eigenvalue weighted by molar-refractivity contribution is -0.114. The number of halogens is 2. The van der Waals surface area contributed by atoms with Crippen molar-refractivity contribution in [2.75, 3.05) is 10.6 Å². The van der Waals surface area contributed by atoms with Crippen molar-refractivity contribution in [3.8, 4) is 0 Å². The minimum atomic E-state index is -0.689. The number of nitrogens with zero attached hydrogens (tertiary/aromatic N) is 1. The molecule has 1 aromatic heterocycles. The standard InChI is InChI=1S/C16H11ClFN3O2S/c1-8(22)19-10-3-4-12(18)11(7-10)15(23)21-16-20-13-5-2-9(17)6-14(13)24-16/h2-7H,1H3,(H,19,22)(H,20,21,23). The molecule has 2 N–H and O–H groups in total. The van der Waals surface area contributed by atoms with Gasteiger partial charge in [-0.15, -0.1) is 0 Å². The molecule has 0 bridgehead atoms. The number of hydrogen-bond donors (Lipinski definition) is 2. The molecule has 0 radical (unpaired) electrons. The first-order valence-corrected chi connectivity index (χ1v) is 8.06. The Balaban J connectivity index is 1.86. The molecule has 0 aliphatic carbocycles. The van der Waals surface area contributed by atoms with Gasteiger partial charge in [-0.3, -0.25) is 14.9 Å². The average Bonchev–Trinajstić information content (AvgIpc) is 2.89. The molecule has 2 amide bonds. The topological polar surface area (TPSA) is 71.1 Å². The number of anilines is 2. The van der Waals surface area contributed by atoms with Crippen molar-refractivity contribution in [3.05, 3.63) is 52.8 Å². The first kappa shape index (κ1) is 16.4. The van der Waals surface area contributed by atoms with Crippen LogP contribution in [0.15, 0.2) is 36.4 Å². The molecule has 3 rings (SSSR count). The molecule has 0 saturated heterocycles. The van der Waals surface area contributed by atoms with Gasteiger partial charge in [-0.1, -0.05) is 22.9 Å². The molecule has 0 spiro atoms. The molecule has 0 saturated carbocycles. The summed E-state index contributed by atoms with van der Waals surface area (Å²) < 4.78 is 14.7. The summed E-state index contributed by atoms with van der Waals surface area (Å²) in [5.41, 5.74) is 0.843. The largest absolute Gasteiger partial charge is 0.326 e. The molecule has 0 aliphatic heterocycles. The smallest absolute Gasteiger partial charge is 0.260 e. The van der Waals surface area contributed by atoms with Crippen LogP contribution in [0.4, 0.5) is 15.2 Å². The number of rotatable bonds is 3. The van der Waals surface area contributed by atoms with Crippen LogP contribution >= 0.6 is 22.9 Å². The Bertz CT molecular complexity index is 958. The summed E-state index contributed by atoms with van der Waals surface area (Å²) in [5.74, 6) is -1.65. The van der Waals surface area contributed by atoms with Gasteiger partial charge in [0.25, 0.3) is 5.91 Å². The van der Waals surface area contributed by atoms with E-state index in [-0.39, 0.29) is 11.5 Å². The predicted molar refractivity (Wildman–Crippen MR) is 93.3 cm³/mol. The summed E-state index contributed by atoms with van der Waals surface area (Å²) in [7, 11) is 0. The number of aromatic nitrogens is 1. The quantitative estimate of drug-likeness (QED) is 0.728. The fraction of sp³-hybridized carbons (Fsp3) is 0.0625. The minimum Gasteiger partial charge on any atom is -0.326 e. The van der Waals surface area contributed by atoms with E-state index in [1.807, 2.05) is 0 Å². The van der Waals surface area contributed by atoms with Gasteiger partial charge < -0.3 is 5.32 Å². The molecule has 2 aromatic carbocycles. The Morgan fingerprint density at radius 2 is 1.96 bits per heavy atom. The van der Waals surface area contributed by atoms with Gasteiger partial charge in [0.2, 0.25) is 5.91 Å². The maximum atomic E-state index is 13.9. The van der Waals surface area contributed by atoms with Gasteiger partial charge in [0, 0.05) is 17.6 Å². The van der Waals surface area contributed by atoms with E-state index < -0.39 is 11.7 Å². The lowest BCUT2D eigenvalue weighted by Gasteiger charge is -2.07. The zero-order valence-electron chi connectivity index (χ0n) is 12.4. The molecule has 1 heterocycles. The second-order valence-corrected chi connectivity index (χ2v) is 6.43. The second-order valence-electron chi connectivity index (χ2n) is 4.96. The predicted octanol–water partition coefficient (Wildman–Crippen LogP) is 4.30. The number of amides is 2. The fourth-order valence-corrected chi connectivity index (χ4v) is 3.23.